The van der Waals surface area contributed by atoms with Gasteiger partial charge >= 0.3 is 6.18 Å². The average Bonchev–Trinajstić information content (AvgIpc) is 2.15. The number of hydrogen-bond acceptors (Lipinski definition) is 1. The monoisotopic (exact) mass is 215 g/mol. The molecular formula is C11H12F3N. The van der Waals surface area contributed by atoms with E-state index in [0.717, 1.165) is 23.7 Å². The summed E-state index contributed by atoms with van der Waals surface area (Å²) in [5, 5.41) is 3.17. The molecule has 1 N–H and O–H groups in total. The van der Waals surface area contributed by atoms with Crippen LogP contribution in [0.4, 0.5) is 18.9 Å². The first kappa shape index (κ1) is 10.3. The summed E-state index contributed by atoms with van der Waals surface area (Å²) < 4.78 is 37.2. The molecule has 0 bridgehead atoms. The van der Waals surface area contributed by atoms with Crippen molar-refractivity contribution in [3.8, 4) is 0 Å². The van der Waals surface area contributed by atoms with E-state index in [1.807, 2.05) is 6.92 Å². The molecule has 2 rings (SSSR count). The Balaban J connectivity index is 2.35. The van der Waals surface area contributed by atoms with Gasteiger partial charge in [-0.1, -0.05) is 0 Å². The molecule has 1 heterocycles. The molecule has 0 aromatic heterocycles. The second kappa shape index (κ2) is 3.43. The Labute approximate surface area is 86.3 Å². The van der Waals surface area contributed by atoms with Gasteiger partial charge in [-0.3, -0.25) is 0 Å². The Morgan fingerprint density at radius 1 is 1.33 bits per heavy atom. The SMILES string of the molecule is C[C@@H]1CCc2cc(C(F)(F)F)ccc2N1. The zero-order valence-corrected chi connectivity index (χ0v) is 8.36. The normalized spacial score (nSPS) is 20.7. The number of rotatable bonds is 0. The average molecular weight is 215 g/mol. The maximum Gasteiger partial charge on any atom is 0.416 e. The Morgan fingerprint density at radius 3 is 2.73 bits per heavy atom. The Hall–Kier alpha value is -1.19. The Morgan fingerprint density at radius 2 is 2.07 bits per heavy atom. The Kier molecular flexibility index (Phi) is 2.37. The van der Waals surface area contributed by atoms with Crippen LogP contribution in [-0.4, -0.2) is 6.04 Å². The van der Waals surface area contributed by atoms with E-state index in [4.69, 9.17) is 0 Å². The van der Waals surface area contributed by atoms with Gasteiger partial charge in [-0.25, -0.2) is 0 Å². The summed E-state index contributed by atoms with van der Waals surface area (Å²) in [5.41, 5.74) is 1.04. The van der Waals surface area contributed by atoms with Gasteiger partial charge in [-0.05, 0) is 43.5 Å². The fraction of sp³-hybridized carbons (Fsp3) is 0.455. The fourth-order valence-corrected chi connectivity index (χ4v) is 1.83. The predicted octanol–water partition coefficient (Wildman–Crippen LogP) is 3.45. The second-order valence-electron chi connectivity index (χ2n) is 3.95. The van der Waals surface area contributed by atoms with Crippen LogP contribution in [0.1, 0.15) is 24.5 Å². The van der Waals surface area contributed by atoms with Crippen molar-refractivity contribution in [3.05, 3.63) is 29.3 Å². The van der Waals surface area contributed by atoms with Crippen LogP contribution in [0.15, 0.2) is 18.2 Å². The summed E-state index contributed by atoms with van der Waals surface area (Å²) in [6.45, 7) is 2.03. The van der Waals surface area contributed by atoms with E-state index in [9.17, 15) is 13.2 Å². The van der Waals surface area contributed by atoms with E-state index in [2.05, 4.69) is 5.32 Å². The van der Waals surface area contributed by atoms with Gasteiger partial charge < -0.3 is 5.32 Å². The van der Waals surface area contributed by atoms with Gasteiger partial charge in [-0.15, -0.1) is 0 Å². The molecule has 0 fully saturated rings. The third-order valence-corrected chi connectivity index (χ3v) is 2.68. The van der Waals surface area contributed by atoms with E-state index in [1.54, 1.807) is 0 Å². The molecule has 0 saturated carbocycles. The van der Waals surface area contributed by atoms with Crippen LogP contribution in [0.3, 0.4) is 0 Å². The number of hydrogen-bond donors (Lipinski definition) is 1. The molecule has 1 aliphatic heterocycles. The number of aryl methyl sites for hydroxylation is 1. The highest BCUT2D eigenvalue weighted by atomic mass is 19.4. The molecule has 0 saturated heterocycles. The van der Waals surface area contributed by atoms with E-state index >= 15 is 0 Å². The smallest absolute Gasteiger partial charge is 0.382 e. The van der Waals surface area contributed by atoms with Crippen molar-refractivity contribution >= 4 is 5.69 Å². The molecule has 15 heavy (non-hydrogen) atoms. The molecule has 0 unspecified atom stereocenters. The third-order valence-electron chi connectivity index (χ3n) is 2.68. The van der Waals surface area contributed by atoms with Crippen molar-refractivity contribution in [2.75, 3.05) is 5.32 Å². The maximum atomic E-state index is 12.4. The van der Waals surface area contributed by atoms with Gasteiger partial charge in [0.1, 0.15) is 0 Å². The van der Waals surface area contributed by atoms with Crippen LogP contribution >= 0.6 is 0 Å². The maximum absolute atomic E-state index is 12.4. The van der Waals surface area contributed by atoms with E-state index in [1.165, 1.54) is 12.1 Å². The lowest BCUT2D eigenvalue weighted by atomic mass is 9.97. The summed E-state index contributed by atoms with van der Waals surface area (Å²) in [7, 11) is 0. The molecule has 1 atom stereocenters. The summed E-state index contributed by atoms with van der Waals surface area (Å²) in [6, 6.07) is 4.24. The van der Waals surface area contributed by atoms with Crippen molar-refractivity contribution in [2.45, 2.75) is 32.0 Å². The minimum Gasteiger partial charge on any atom is -0.382 e. The summed E-state index contributed by atoms with van der Waals surface area (Å²) in [6.07, 6.45) is -2.64. The first-order valence-corrected chi connectivity index (χ1v) is 4.93. The van der Waals surface area contributed by atoms with Crippen molar-refractivity contribution in [3.63, 3.8) is 0 Å². The summed E-state index contributed by atoms with van der Waals surface area (Å²) in [5.74, 6) is 0. The lowest BCUT2D eigenvalue weighted by Crippen LogP contribution is -2.22. The topological polar surface area (TPSA) is 12.0 Å². The predicted molar refractivity (Wildman–Crippen MR) is 52.8 cm³/mol. The van der Waals surface area contributed by atoms with Crippen LogP contribution in [0.2, 0.25) is 0 Å². The van der Waals surface area contributed by atoms with Crippen molar-refractivity contribution in [2.24, 2.45) is 0 Å². The molecular weight excluding hydrogens is 203 g/mol. The molecule has 0 spiro atoms. The molecule has 4 heteroatoms. The number of benzene rings is 1. The van der Waals surface area contributed by atoms with Crippen LogP contribution in [0.5, 0.6) is 0 Å². The molecule has 1 aliphatic rings. The largest absolute Gasteiger partial charge is 0.416 e. The van der Waals surface area contributed by atoms with Crippen LogP contribution in [-0.2, 0) is 12.6 Å². The van der Waals surface area contributed by atoms with Crippen LogP contribution in [0, 0.1) is 0 Å². The van der Waals surface area contributed by atoms with Gasteiger partial charge in [0, 0.05) is 11.7 Å². The van der Waals surface area contributed by atoms with E-state index < -0.39 is 11.7 Å². The Bertz CT molecular complexity index is 371. The first-order valence-electron chi connectivity index (χ1n) is 4.93. The molecule has 0 radical (unpaired) electrons. The van der Waals surface area contributed by atoms with Crippen molar-refractivity contribution in [1.82, 2.24) is 0 Å². The van der Waals surface area contributed by atoms with Gasteiger partial charge in [0.2, 0.25) is 0 Å². The number of nitrogens with one attached hydrogen (secondary N) is 1. The highest BCUT2D eigenvalue weighted by molar-refractivity contribution is 5.55. The fourth-order valence-electron chi connectivity index (χ4n) is 1.83. The van der Waals surface area contributed by atoms with Crippen LogP contribution < -0.4 is 5.32 Å². The van der Waals surface area contributed by atoms with Crippen molar-refractivity contribution in [1.29, 1.82) is 0 Å². The highest BCUT2D eigenvalue weighted by Crippen LogP contribution is 2.33. The number of fused-ring (bicyclic) bond motifs is 1. The molecule has 82 valence electrons. The number of halogens is 3. The lowest BCUT2D eigenvalue weighted by molar-refractivity contribution is -0.137. The first-order chi connectivity index (χ1) is 6.97. The lowest BCUT2D eigenvalue weighted by Gasteiger charge is -2.24. The zero-order chi connectivity index (χ0) is 11.1. The quantitative estimate of drug-likeness (QED) is 0.698. The molecule has 1 aromatic rings. The minimum atomic E-state index is -4.24. The molecule has 1 nitrogen and oxygen atoms in total. The van der Waals surface area contributed by atoms with Gasteiger partial charge in [-0.2, -0.15) is 13.2 Å². The van der Waals surface area contributed by atoms with Crippen molar-refractivity contribution < 1.29 is 13.2 Å². The zero-order valence-electron chi connectivity index (χ0n) is 8.36. The minimum absolute atomic E-state index is 0.342. The van der Waals surface area contributed by atoms with Gasteiger partial charge in [0.05, 0.1) is 5.56 Å². The van der Waals surface area contributed by atoms with Crippen LogP contribution in [0.25, 0.3) is 0 Å². The highest BCUT2D eigenvalue weighted by Gasteiger charge is 2.31. The number of anilines is 1. The molecule has 0 aliphatic carbocycles. The number of alkyl halides is 3. The van der Waals surface area contributed by atoms with Gasteiger partial charge in [0.15, 0.2) is 0 Å². The molecule has 1 aromatic carbocycles. The van der Waals surface area contributed by atoms with E-state index in [0.29, 0.717) is 12.5 Å². The summed E-state index contributed by atoms with van der Waals surface area (Å²) >= 11 is 0. The third kappa shape index (κ3) is 2.08. The summed E-state index contributed by atoms with van der Waals surface area (Å²) in [4.78, 5) is 0. The van der Waals surface area contributed by atoms with E-state index in [-0.39, 0.29) is 0 Å². The van der Waals surface area contributed by atoms with Gasteiger partial charge in [0.25, 0.3) is 0 Å². The molecule has 0 amide bonds. The standard InChI is InChI=1S/C11H12F3N/c1-7-2-3-8-6-9(11(12,13)14)4-5-10(8)15-7/h4-7,15H,2-3H2,1H3/t7-/m1/s1. The second-order valence-corrected chi connectivity index (χ2v) is 3.95.